The van der Waals surface area contributed by atoms with Gasteiger partial charge in [-0.2, -0.15) is 0 Å². The van der Waals surface area contributed by atoms with Gasteiger partial charge in [-0.25, -0.2) is 0 Å². The van der Waals surface area contributed by atoms with Crippen LogP contribution in [0.5, 0.6) is 0 Å². The molecule has 4 aromatic heterocycles. The second kappa shape index (κ2) is 12.7. The van der Waals surface area contributed by atoms with E-state index in [9.17, 15) is 0 Å². The van der Waals surface area contributed by atoms with E-state index in [1.54, 1.807) is 0 Å². The maximum absolute atomic E-state index is 5.45. The van der Waals surface area contributed by atoms with Gasteiger partial charge in [0.15, 0.2) is 0 Å². The fourth-order valence-corrected chi connectivity index (χ4v) is 10.1. The maximum Gasteiger partial charge on any atom is 0.0788 e. The lowest BCUT2D eigenvalue weighted by molar-refractivity contribution is 1.16. The van der Waals surface area contributed by atoms with Crippen molar-refractivity contribution in [2.45, 2.75) is 0 Å². The summed E-state index contributed by atoms with van der Waals surface area (Å²) in [5.74, 6) is 0. The largest absolute Gasteiger partial charge is 0.309 e. The number of hydrogen-bond donors (Lipinski definition) is 0. The van der Waals surface area contributed by atoms with E-state index >= 15 is 0 Å². The van der Waals surface area contributed by atoms with Gasteiger partial charge in [0.1, 0.15) is 0 Å². The van der Waals surface area contributed by atoms with Gasteiger partial charge >= 0.3 is 0 Å². The highest BCUT2D eigenvalue weighted by atomic mass is 15.0. The van der Waals surface area contributed by atoms with E-state index in [4.69, 9.17) is 4.98 Å². The smallest absolute Gasteiger partial charge is 0.0788 e. The van der Waals surface area contributed by atoms with Gasteiger partial charge in [-0.3, -0.25) is 9.97 Å². The Morgan fingerprint density at radius 1 is 0.333 bits per heavy atom. The van der Waals surface area contributed by atoms with Crippen LogP contribution in [0.3, 0.4) is 0 Å². The fourth-order valence-electron chi connectivity index (χ4n) is 10.1. The lowest BCUT2D eigenvalue weighted by Gasteiger charge is -2.20. The quantitative estimate of drug-likeness (QED) is 0.167. The molecule has 0 bridgehead atoms. The summed E-state index contributed by atoms with van der Waals surface area (Å²) in [6.07, 6.45) is 5.87. The molecule has 278 valence electrons. The van der Waals surface area contributed by atoms with Crippen LogP contribution < -0.4 is 0 Å². The van der Waals surface area contributed by atoms with Crippen molar-refractivity contribution in [3.8, 4) is 33.6 Å². The van der Waals surface area contributed by atoms with E-state index in [0.717, 1.165) is 66.3 Å². The number of hydrogen-bond acceptors (Lipinski definition) is 2. The van der Waals surface area contributed by atoms with Crippen LogP contribution in [0.2, 0.25) is 0 Å². The number of pyridine rings is 2. The molecule has 0 saturated heterocycles. The Labute approximate surface area is 344 Å². The molecule has 0 spiro atoms. The van der Waals surface area contributed by atoms with Crippen LogP contribution >= 0.6 is 0 Å². The van der Waals surface area contributed by atoms with Crippen LogP contribution in [-0.2, 0) is 0 Å². The van der Waals surface area contributed by atoms with Gasteiger partial charge in [0, 0.05) is 50.4 Å². The van der Waals surface area contributed by atoms with Crippen molar-refractivity contribution >= 4 is 86.8 Å². The van der Waals surface area contributed by atoms with Crippen molar-refractivity contribution in [3.05, 3.63) is 207 Å². The summed E-state index contributed by atoms with van der Waals surface area (Å²) in [5, 5.41) is 13.3. The highest BCUT2D eigenvalue weighted by Gasteiger charge is 2.23. The van der Waals surface area contributed by atoms with E-state index in [-0.39, 0.29) is 0 Å². The minimum atomic E-state index is 0.969. The summed E-state index contributed by atoms with van der Waals surface area (Å²) in [6.45, 7) is 0. The van der Waals surface area contributed by atoms with Crippen LogP contribution in [0.25, 0.3) is 120 Å². The van der Waals surface area contributed by atoms with E-state index in [0.29, 0.717) is 0 Å². The second-order valence-corrected chi connectivity index (χ2v) is 15.7. The average Bonchev–Trinajstić information content (AvgIpc) is 3.85. The Kier molecular flexibility index (Phi) is 6.98. The first-order valence-electron chi connectivity index (χ1n) is 20.5. The lowest BCUT2D eigenvalue weighted by Crippen LogP contribution is -1.99. The second-order valence-electron chi connectivity index (χ2n) is 15.7. The zero-order chi connectivity index (χ0) is 39.3. The Hall–Kier alpha value is -8.08. The van der Waals surface area contributed by atoms with Crippen LogP contribution in [0.15, 0.2) is 207 Å². The van der Waals surface area contributed by atoms with Crippen LogP contribution in [0.1, 0.15) is 0 Å². The van der Waals surface area contributed by atoms with Gasteiger partial charge in [-0.05, 0) is 104 Å². The molecule has 0 atom stereocenters. The van der Waals surface area contributed by atoms with Crippen molar-refractivity contribution < 1.29 is 0 Å². The van der Waals surface area contributed by atoms with Crippen LogP contribution in [0.4, 0.5) is 0 Å². The number of para-hydroxylation sites is 2. The highest BCUT2D eigenvalue weighted by molar-refractivity contribution is 6.24. The van der Waals surface area contributed by atoms with Gasteiger partial charge < -0.3 is 9.13 Å². The minimum Gasteiger partial charge on any atom is -0.309 e. The first-order valence-corrected chi connectivity index (χ1v) is 20.5. The molecule has 9 aromatic carbocycles. The van der Waals surface area contributed by atoms with E-state index in [1.165, 1.54) is 54.1 Å². The van der Waals surface area contributed by atoms with Crippen molar-refractivity contribution in [1.82, 2.24) is 19.1 Å². The molecule has 4 heterocycles. The number of benzene rings is 9. The summed E-state index contributed by atoms with van der Waals surface area (Å²) in [4.78, 5) is 9.92. The third-order valence-electron chi connectivity index (χ3n) is 12.6. The number of aromatic nitrogens is 4. The summed E-state index contributed by atoms with van der Waals surface area (Å²) in [7, 11) is 0. The molecular weight excluding hydrogens is 729 g/mol. The summed E-state index contributed by atoms with van der Waals surface area (Å²) >= 11 is 0. The van der Waals surface area contributed by atoms with Gasteiger partial charge in [0.05, 0.1) is 39.5 Å². The standard InChI is InChI=1S/C56H34N4/c1-2-14-37(15-3-1)53-47-33-40(60-49-21-11-9-19-45(49)55-42-17-7-5-13-36(42)23-27-51(55)60)34-58-56(47)43-25-24-39(32-46(43)52(53)38-28-30-57-31-29-38)59-48-20-10-8-18-44(48)54-41-16-6-4-12-35(41)22-26-50(54)59/h1-34H. The molecule has 0 saturated carbocycles. The molecule has 13 aromatic rings. The molecule has 0 aliphatic heterocycles. The number of fused-ring (bicyclic) bond motifs is 13. The summed E-state index contributed by atoms with van der Waals surface area (Å²) in [6, 6.07) is 68.4. The normalized spacial score (nSPS) is 12.0. The average molecular weight is 763 g/mol. The maximum atomic E-state index is 5.45. The van der Waals surface area contributed by atoms with Crippen molar-refractivity contribution in [2.24, 2.45) is 0 Å². The predicted octanol–water partition coefficient (Wildman–Crippen LogP) is 14.6. The summed E-state index contributed by atoms with van der Waals surface area (Å²) < 4.78 is 4.82. The first kappa shape index (κ1) is 32.9. The Morgan fingerprint density at radius 3 is 1.50 bits per heavy atom. The monoisotopic (exact) mass is 762 g/mol. The lowest BCUT2D eigenvalue weighted by atomic mass is 9.86. The van der Waals surface area contributed by atoms with E-state index in [2.05, 4.69) is 208 Å². The predicted molar refractivity (Wildman–Crippen MR) is 252 cm³/mol. The van der Waals surface area contributed by atoms with Crippen molar-refractivity contribution in [1.29, 1.82) is 0 Å². The Morgan fingerprint density at radius 2 is 0.850 bits per heavy atom. The molecule has 0 fully saturated rings. The van der Waals surface area contributed by atoms with Crippen LogP contribution in [0, 0.1) is 0 Å². The Balaban J connectivity index is 1.15. The third-order valence-corrected chi connectivity index (χ3v) is 12.6. The van der Waals surface area contributed by atoms with Gasteiger partial charge in [0.25, 0.3) is 0 Å². The molecule has 0 aliphatic carbocycles. The van der Waals surface area contributed by atoms with Crippen LogP contribution in [-0.4, -0.2) is 19.1 Å². The van der Waals surface area contributed by atoms with Gasteiger partial charge in [-0.15, -0.1) is 0 Å². The number of rotatable bonds is 4. The van der Waals surface area contributed by atoms with Gasteiger partial charge in [0.2, 0.25) is 0 Å². The third kappa shape index (κ3) is 4.67. The highest BCUT2D eigenvalue weighted by Crippen LogP contribution is 2.47. The van der Waals surface area contributed by atoms with Crippen molar-refractivity contribution in [2.75, 3.05) is 0 Å². The SMILES string of the molecule is c1ccc(-c2c(-c3ccncc3)c3cc(-n4c5ccccc5c5c6ccccc6ccc54)ccc3c3ncc(-n4c5ccccc5c5c6ccccc6ccc54)cc23)cc1. The molecule has 13 rings (SSSR count). The zero-order valence-corrected chi connectivity index (χ0v) is 32.4. The fraction of sp³-hybridized carbons (Fsp3) is 0. The Bertz CT molecular complexity index is 3620. The first-order chi connectivity index (χ1) is 29.8. The molecule has 4 nitrogen and oxygen atoms in total. The zero-order valence-electron chi connectivity index (χ0n) is 32.4. The van der Waals surface area contributed by atoms with E-state index < -0.39 is 0 Å². The molecule has 0 aliphatic rings. The van der Waals surface area contributed by atoms with E-state index in [1.807, 2.05) is 12.4 Å². The molecular formula is C56H34N4. The molecule has 4 heteroatoms. The topological polar surface area (TPSA) is 35.6 Å². The summed E-state index contributed by atoms with van der Waals surface area (Å²) in [5.41, 5.74) is 12.3. The van der Waals surface area contributed by atoms with Crippen molar-refractivity contribution in [3.63, 3.8) is 0 Å². The minimum absolute atomic E-state index is 0.969. The van der Waals surface area contributed by atoms with Gasteiger partial charge in [-0.1, -0.05) is 133 Å². The molecule has 60 heavy (non-hydrogen) atoms. The number of nitrogens with zero attached hydrogens (tertiary/aromatic N) is 4. The molecule has 0 radical (unpaired) electrons. The molecule has 0 unspecified atom stereocenters. The molecule has 0 amide bonds. The molecule has 0 N–H and O–H groups in total.